The van der Waals surface area contributed by atoms with Crippen LogP contribution in [-0.4, -0.2) is 39.7 Å². The van der Waals surface area contributed by atoms with Crippen LogP contribution in [0.3, 0.4) is 0 Å². The van der Waals surface area contributed by atoms with Crippen LogP contribution < -0.4 is 11.1 Å². The van der Waals surface area contributed by atoms with Crippen molar-refractivity contribution < 1.29 is 24.9 Å². The predicted octanol–water partition coefficient (Wildman–Crippen LogP) is 0.893. The van der Waals surface area contributed by atoms with Crippen LogP contribution in [0, 0.1) is 0 Å². The molecule has 0 saturated carbocycles. The number of ether oxygens (including phenoxy) is 1. The lowest BCUT2D eigenvalue weighted by Gasteiger charge is -2.22. The first kappa shape index (κ1) is 17.1. The largest absolute Gasteiger partial charge is 0.508 e. The molecule has 0 spiro atoms. The van der Waals surface area contributed by atoms with Crippen LogP contribution in [0.15, 0.2) is 18.2 Å². The van der Waals surface area contributed by atoms with Crippen LogP contribution in [0.4, 0.5) is 10.5 Å². The molecule has 0 aliphatic heterocycles. The molecule has 0 fully saturated rings. The number of alkyl carbamates (subject to hydrolysis) is 1. The van der Waals surface area contributed by atoms with Crippen molar-refractivity contribution in [3.63, 3.8) is 0 Å². The summed E-state index contributed by atoms with van der Waals surface area (Å²) in [7, 11) is 0. The highest BCUT2D eigenvalue weighted by atomic mass is 16.6. The SMILES string of the molecule is CC(C)(C)OC(=O)NCC(O)C(O)c1cc(N)ccc1O. The number of amides is 1. The summed E-state index contributed by atoms with van der Waals surface area (Å²) < 4.78 is 5.00. The van der Waals surface area contributed by atoms with Crippen molar-refractivity contribution in [1.29, 1.82) is 0 Å². The van der Waals surface area contributed by atoms with Gasteiger partial charge in [0.15, 0.2) is 0 Å². The number of phenols is 1. The lowest BCUT2D eigenvalue weighted by atomic mass is 10.0. The maximum atomic E-state index is 11.4. The van der Waals surface area contributed by atoms with E-state index in [1.807, 2.05) is 0 Å². The van der Waals surface area contributed by atoms with Crippen LogP contribution in [0.2, 0.25) is 0 Å². The molecule has 1 amide bonds. The lowest BCUT2D eigenvalue weighted by Crippen LogP contribution is -2.38. The Labute approximate surface area is 123 Å². The first-order valence-electron chi connectivity index (χ1n) is 6.51. The van der Waals surface area contributed by atoms with E-state index in [1.165, 1.54) is 18.2 Å². The summed E-state index contributed by atoms with van der Waals surface area (Å²) >= 11 is 0. The Hall–Kier alpha value is -1.99. The number of aliphatic hydroxyl groups is 2. The average molecular weight is 298 g/mol. The van der Waals surface area contributed by atoms with E-state index in [-0.39, 0.29) is 17.9 Å². The first-order chi connectivity index (χ1) is 9.60. The van der Waals surface area contributed by atoms with Gasteiger partial charge in [-0.25, -0.2) is 4.79 Å². The number of nitrogens with one attached hydrogen (secondary N) is 1. The van der Waals surface area contributed by atoms with Gasteiger partial charge in [-0.15, -0.1) is 0 Å². The van der Waals surface area contributed by atoms with Crippen molar-refractivity contribution in [2.45, 2.75) is 38.6 Å². The van der Waals surface area contributed by atoms with Gasteiger partial charge >= 0.3 is 6.09 Å². The maximum Gasteiger partial charge on any atom is 0.407 e. The van der Waals surface area contributed by atoms with E-state index >= 15 is 0 Å². The van der Waals surface area contributed by atoms with Crippen LogP contribution in [0.1, 0.15) is 32.4 Å². The third kappa shape index (κ3) is 5.49. The number of hydrogen-bond donors (Lipinski definition) is 5. The molecule has 118 valence electrons. The van der Waals surface area contributed by atoms with Crippen molar-refractivity contribution in [1.82, 2.24) is 5.32 Å². The molecule has 21 heavy (non-hydrogen) atoms. The van der Waals surface area contributed by atoms with Crippen LogP contribution in [-0.2, 0) is 4.74 Å². The number of nitrogen functional groups attached to an aromatic ring is 1. The van der Waals surface area contributed by atoms with Crippen molar-refractivity contribution in [3.8, 4) is 5.75 Å². The zero-order valence-electron chi connectivity index (χ0n) is 12.3. The number of carbonyl (C=O) groups is 1. The fourth-order valence-corrected chi connectivity index (χ4v) is 1.63. The van der Waals surface area contributed by atoms with Gasteiger partial charge in [-0.1, -0.05) is 0 Å². The second-order valence-electron chi connectivity index (χ2n) is 5.71. The Kier molecular flexibility index (Phi) is 5.40. The average Bonchev–Trinajstić information content (AvgIpc) is 2.36. The minimum atomic E-state index is -1.39. The van der Waals surface area contributed by atoms with Crippen molar-refractivity contribution in [3.05, 3.63) is 23.8 Å². The minimum absolute atomic E-state index is 0.0912. The molecule has 1 rings (SSSR count). The molecule has 2 atom stereocenters. The number of benzene rings is 1. The fraction of sp³-hybridized carbons (Fsp3) is 0.500. The maximum absolute atomic E-state index is 11.4. The Balaban J connectivity index is 2.61. The number of anilines is 1. The Morgan fingerprint density at radius 2 is 2.00 bits per heavy atom. The Bertz CT molecular complexity index is 499. The number of hydrogen-bond acceptors (Lipinski definition) is 6. The molecule has 2 unspecified atom stereocenters. The summed E-state index contributed by atoms with van der Waals surface area (Å²) in [6, 6.07) is 4.15. The molecule has 0 bridgehead atoms. The minimum Gasteiger partial charge on any atom is -0.508 e. The molecule has 0 aliphatic carbocycles. The van der Waals surface area contributed by atoms with Crippen LogP contribution >= 0.6 is 0 Å². The van der Waals surface area contributed by atoms with E-state index < -0.39 is 23.9 Å². The molecule has 0 radical (unpaired) electrons. The number of phenolic OH excluding ortho intramolecular Hbond substituents is 1. The summed E-state index contributed by atoms with van der Waals surface area (Å²) in [5.74, 6) is -0.187. The molecule has 0 aromatic heterocycles. The van der Waals surface area contributed by atoms with Crippen molar-refractivity contribution in [2.75, 3.05) is 12.3 Å². The first-order valence-corrected chi connectivity index (χ1v) is 6.51. The summed E-state index contributed by atoms with van der Waals surface area (Å²) in [5, 5.41) is 31.8. The van der Waals surface area contributed by atoms with E-state index in [0.717, 1.165) is 0 Å². The molecule has 0 heterocycles. The van der Waals surface area contributed by atoms with Crippen molar-refractivity contribution >= 4 is 11.8 Å². The highest BCUT2D eigenvalue weighted by molar-refractivity contribution is 5.67. The predicted molar refractivity (Wildman–Crippen MR) is 77.7 cm³/mol. The van der Waals surface area contributed by atoms with Gasteiger partial charge in [-0.2, -0.15) is 0 Å². The fourth-order valence-electron chi connectivity index (χ4n) is 1.63. The van der Waals surface area contributed by atoms with Gasteiger partial charge in [0, 0.05) is 17.8 Å². The quantitative estimate of drug-likeness (QED) is 0.415. The van der Waals surface area contributed by atoms with E-state index in [0.29, 0.717) is 5.69 Å². The van der Waals surface area contributed by atoms with E-state index in [9.17, 15) is 20.1 Å². The summed E-state index contributed by atoms with van der Waals surface area (Å²) in [4.78, 5) is 11.4. The molecule has 0 aliphatic rings. The normalized spacial score (nSPS) is 14.3. The second kappa shape index (κ2) is 6.64. The zero-order chi connectivity index (χ0) is 16.2. The zero-order valence-corrected chi connectivity index (χ0v) is 12.3. The molecule has 1 aromatic rings. The lowest BCUT2D eigenvalue weighted by molar-refractivity contribution is 0.0119. The standard InChI is InChI=1S/C14H22N2O5/c1-14(2,3)21-13(20)16-7-11(18)12(19)9-6-8(15)4-5-10(9)17/h4-6,11-12,17-19H,7,15H2,1-3H3,(H,16,20). The third-order valence-electron chi connectivity index (χ3n) is 2.59. The molecule has 1 aromatic carbocycles. The molecule has 0 saturated heterocycles. The van der Waals surface area contributed by atoms with E-state index in [4.69, 9.17) is 10.5 Å². The highest BCUT2D eigenvalue weighted by Crippen LogP contribution is 2.28. The Morgan fingerprint density at radius 3 is 2.57 bits per heavy atom. The summed E-state index contributed by atoms with van der Waals surface area (Å²) in [6.45, 7) is 4.90. The number of rotatable bonds is 4. The van der Waals surface area contributed by atoms with Gasteiger partial charge in [-0.3, -0.25) is 0 Å². The second-order valence-corrected chi connectivity index (χ2v) is 5.71. The van der Waals surface area contributed by atoms with Gasteiger partial charge in [-0.05, 0) is 39.0 Å². The smallest absolute Gasteiger partial charge is 0.407 e. The van der Waals surface area contributed by atoms with Crippen LogP contribution in [0.25, 0.3) is 0 Å². The van der Waals surface area contributed by atoms with Gasteiger partial charge in [0.1, 0.15) is 23.6 Å². The van der Waals surface area contributed by atoms with Crippen molar-refractivity contribution in [2.24, 2.45) is 0 Å². The number of aliphatic hydroxyl groups excluding tert-OH is 2. The van der Waals surface area contributed by atoms with Gasteiger partial charge in [0.2, 0.25) is 0 Å². The van der Waals surface area contributed by atoms with E-state index in [1.54, 1.807) is 20.8 Å². The molecule has 6 N–H and O–H groups in total. The van der Waals surface area contributed by atoms with Gasteiger partial charge < -0.3 is 31.1 Å². The van der Waals surface area contributed by atoms with Gasteiger partial charge in [0.25, 0.3) is 0 Å². The molecule has 7 nitrogen and oxygen atoms in total. The number of aromatic hydroxyl groups is 1. The highest BCUT2D eigenvalue weighted by Gasteiger charge is 2.23. The number of nitrogens with two attached hydrogens (primary N) is 1. The Morgan fingerprint density at radius 1 is 1.38 bits per heavy atom. The van der Waals surface area contributed by atoms with Crippen LogP contribution in [0.5, 0.6) is 5.75 Å². The molecule has 7 heteroatoms. The third-order valence-corrected chi connectivity index (χ3v) is 2.59. The summed E-state index contributed by atoms with van der Waals surface area (Å²) in [5.41, 5.74) is 5.34. The van der Waals surface area contributed by atoms with E-state index in [2.05, 4.69) is 5.32 Å². The molecular weight excluding hydrogens is 276 g/mol. The summed E-state index contributed by atoms with van der Waals surface area (Å²) in [6.07, 6.45) is -3.40. The number of carbonyl (C=O) groups excluding carboxylic acids is 1. The monoisotopic (exact) mass is 298 g/mol. The molecular formula is C14H22N2O5. The topological polar surface area (TPSA) is 125 Å². The van der Waals surface area contributed by atoms with Gasteiger partial charge in [0.05, 0.1) is 0 Å².